The summed E-state index contributed by atoms with van der Waals surface area (Å²) in [6.45, 7) is 6.41. The number of hydrogen-bond donors (Lipinski definition) is 1. The minimum Gasteiger partial charge on any atom is -1.00 e. The van der Waals surface area contributed by atoms with E-state index < -0.39 is 60.2 Å². The van der Waals surface area contributed by atoms with Gasteiger partial charge in [-0.25, -0.2) is 44.3 Å². The first-order chi connectivity index (χ1) is 36.7. The number of pyridine rings is 2. The Balaban J connectivity index is 0.000000284. The van der Waals surface area contributed by atoms with Crippen LogP contribution in [0.2, 0.25) is 0 Å². The topological polar surface area (TPSA) is 283 Å². The quantitative estimate of drug-likeness (QED) is 0.0846. The van der Waals surface area contributed by atoms with Crippen molar-refractivity contribution < 1.29 is 104 Å². The second-order valence-electron chi connectivity index (χ2n) is 16.6. The Kier molecular flexibility index (Phi) is 19.9. The zero-order valence-corrected chi connectivity index (χ0v) is 49.2. The molecule has 78 heavy (non-hydrogen) atoms. The van der Waals surface area contributed by atoms with E-state index in [1.807, 2.05) is 13.8 Å². The first kappa shape index (κ1) is 60.3. The van der Waals surface area contributed by atoms with Crippen LogP contribution >= 0.6 is 0 Å². The van der Waals surface area contributed by atoms with Gasteiger partial charge in [-0.15, -0.1) is 0 Å². The van der Waals surface area contributed by atoms with E-state index in [-0.39, 0.29) is 97.2 Å². The summed E-state index contributed by atoms with van der Waals surface area (Å²) in [6, 6.07) is 20.2. The predicted octanol–water partition coefficient (Wildman–Crippen LogP) is 3.35. The summed E-state index contributed by atoms with van der Waals surface area (Å²) in [7, 11) is -5.11. The van der Waals surface area contributed by atoms with Crippen molar-refractivity contribution in [2.24, 2.45) is 0 Å². The summed E-state index contributed by atoms with van der Waals surface area (Å²) in [4.78, 5) is 39.5. The molecule has 0 aliphatic carbocycles. The summed E-state index contributed by atoms with van der Waals surface area (Å²) in [5.74, 6) is 0.704. The van der Waals surface area contributed by atoms with Crippen LogP contribution < -0.4 is 58.0 Å². The maximum Gasteiger partial charge on any atom is 1.00 e. The van der Waals surface area contributed by atoms with Crippen LogP contribution in [0.25, 0.3) is 22.1 Å². The molecule has 2 atom stereocenters. The van der Waals surface area contributed by atoms with Gasteiger partial charge in [-0.3, -0.25) is 18.4 Å². The molecule has 0 amide bonds. The number of aryl methyl sites for hydroxylation is 2. The molecule has 27 heteroatoms. The van der Waals surface area contributed by atoms with Crippen LogP contribution in [0, 0.1) is 27.7 Å². The maximum absolute atomic E-state index is 13.9. The van der Waals surface area contributed by atoms with Crippen LogP contribution in [0.4, 0.5) is 0 Å². The Morgan fingerprint density at radius 2 is 0.936 bits per heavy atom. The van der Waals surface area contributed by atoms with Crippen molar-refractivity contribution in [2.45, 2.75) is 59.3 Å². The molecule has 0 saturated heterocycles. The van der Waals surface area contributed by atoms with E-state index in [1.165, 1.54) is 83.0 Å². The SMILES string of the molecule is COC(=O)COc1ccc(S(=O)(=O)n2c(S(=O)Cc3ncc(C)c(OC)c3C)nc3cc(OC)ccc32)cc1.COc1ccc2c(c1)nc(S(=O)Cc1ncc(C)c(OC)c1C)n2S(=O)(=O)c1ccc(OCC(=O)O)cc1.[H-].[Na+]. The number of carboxylic acid groups (broad SMARTS) is 1. The minimum atomic E-state index is -4.28. The normalized spacial score (nSPS) is 12.1. The standard InChI is InChI=1S/C26H27N3O8S2.C25H25N3O8S2.Na.H/c1-16-13-27-22(17(2)25(16)36-5)15-38(31)26-28-21-12-19(34-3)8-11-23(21)29(26)39(32,33)20-9-6-18(7-10-20)37-14-24(30)35-4;1-15-12-26-21(16(2)24(15)35-4)14-37(31)25-27-20-11-18(34-3)7-10-22(20)28(25)38(32,33)19-8-5-17(6-9-19)36-13-23(29)30;;/h6-13H,14-15H2,1-5H3;5-12H,13-14H2,1-4H3,(H,29,30);;/q;;+1;-1. The average molecular weight is 1160 g/mol. The minimum absolute atomic E-state index is 0. The molecule has 0 aliphatic rings. The molecule has 0 bridgehead atoms. The fourth-order valence-corrected chi connectivity index (χ4v) is 13.9. The molecule has 0 saturated carbocycles. The van der Waals surface area contributed by atoms with Crippen LogP contribution in [0.15, 0.2) is 117 Å². The van der Waals surface area contributed by atoms with E-state index in [1.54, 1.807) is 63.7 Å². The predicted molar refractivity (Wildman–Crippen MR) is 283 cm³/mol. The van der Waals surface area contributed by atoms with E-state index >= 15 is 0 Å². The van der Waals surface area contributed by atoms with Gasteiger partial charge in [-0.1, -0.05) is 0 Å². The van der Waals surface area contributed by atoms with Gasteiger partial charge in [-0.2, -0.15) is 0 Å². The van der Waals surface area contributed by atoms with Crippen LogP contribution in [-0.2, 0) is 67.5 Å². The molecule has 2 unspecified atom stereocenters. The summed E-state index contributed by atoms with van der Waals surface area (Å²) in [5.41, 5.74) is 5.06. The summed E-state index contributed by atoms with van der Waals surface area (Å²) in [5, 5.41) is 8.45. The number of carboxylic acids is 1. The molecule has 4 heterocycles. The van der Waals surface area contributed by atoms with Crippen molar-refractivity contribution in [2.75, 3.05) is 48.8 Å². The average Bonchev–Trinajstić information content (AvgIpc) is 4.21. The number of carbonyl (C=O) groups excluding carboxylic acids is 1. The van der Waals surface area contributed by atoms with Gasteiger partial charge in [0, 0.05) is 46.8 Å². The third-order valence-electron chi connectivity index (χ3n) is 11.7. The van der Waals surface area contributed by atoms with Gasteiger partial charge >= 0.3 is 41.5 Å². The van der Waals surface area contributed by atoms with E-state index in [0.717, 1.165) is 19.1 Å². The Morgan fingerprint density at radius 1 is 0.564 bits per heavy atom. The molecular weight excluding hydrogens is 1100 g/mol. The van der Waals surface area contributed by atoms with Crippen molar-refractivity contribution in [3.8, 4) is 34.5 Å². The number of methoxy groups -OCH3 is 5. The second-order valence-corrected chi connectivity index (χ2v) is 22.9. The van der Waals surface area contributed by atoms with Gasteiger partial charge in [0.05, 0.1) is 112 Å². The van der Waals surface area contributed by atoms with Crippen molar-refractivity contribution in [3.05, 3.63) is 131 Å². The van der Waals surface area contributed by atoms with Crippen LogP contribution in [0.1, 0.15) is 35.1 Å². The largest absolute Gasteiger partial charge is 1.00 e. The van der Waals surface area contributed by atoms with E-state index in [0.29, 0.717) is 51.0 Å². The molecule has 0 spiro atoms. The van der Waals surface area contributed by atoms with Crippen molar-refractivity contribution in [3.63, 3.8) is 0 Å². The zero-order chi connectivity index (χ0) is 55.9. The van der Waals surface area contributed by atoms with Crippen LogP contribution in [-0.4, -0.2) is 119 Å². The van der Waals surface area contributed by atoms with Gasteiger partial charge < -0.3 is 39.7 Å². The Bertz CT molecular complexity index is 3820. The molecule has 8 aromatic rings. The molecule has 0 fully saturated rings. The molecular formula is C51H53N6NaO16S4. The van der Waals surface area contributed by atoms with Crippen LogP contribution in [0.5, 0.6) is 34.5 Å². The summed E-state index contributed by atoms with van der Waals surface area (Å²) in [6.07, 6.45) is 3.23. The number of carbonyl (C=O) groups is 2. The maximum atomic E-state index is 13.9. The summed E-state index contributed by atoms with van der Waals surface area (Å²) >= 11 is 0. The molecule has 408 valence electrons. The number of aromatic nitrogens is 6. The number of hydrogen-bond acceptors (Lipinski definition) is 19. The first-order valence-corrected chi connectivity index (χ1v) is 28.3. The van der Waals surface area contributed by atoms with Gasteiger partial charge in [0.2, 0.25) is 10.3 Å². The number of imidazole rings is 2. The van der Waals surface area contributed by atoms with E-state index in [9.17, 15) is 34.8 Å². The zero-order valence-electron chi connectivity index (χ0n) is 45.0. The number of esters is 1. The molecule has 1 N–H and O–H groups in total. The van der Waals surface area contributed by atoms with Gasteiger partial charge in [0.1, 0.15) is 34.5 Å². The Labute approximate surface area is 477 Å². The smallest absolute Gasteiger partial charge is 1.00 e. The number of nitrogens with zero attached hydrogens (tertiary/aromatic N) is 6. The number of fused-ring (bicyclic) bond motifs is 2. The molecule has 8 rings (SSSR count). The Hall–Kier alpha value is -6.94. The van der Waals surface area contributed by atoms with Crippen molar-refractivity contribution in [1.29, 1.82) is 0 Å². The fourth-order valence-electron chi connectivity index (χ4n) is 7.82. The van der Waals surface area contributed by atoms with Crippen molar-refractivity contribution in [1.82, 2.24) is 27.9 Å². The first-order valence-electron chi connectivity index (χ1n) is 22.8. The molecule has 0 aliphatic heterocycles. The molecule has 0 radical (unpaired) electrons. The number of benzene rings is 4. The van der Waals surface area contributed by atoms with E-state index in [4.69, 9.17) is 33.5 Å². The number of aliphatic carboxylic acids is 1. The van der Waals surface area contributed by atoms with Crippen LogP contribution in [0.3, 0.4) is 0 Å². The van der Waals surface area contributed by atoms with Gasteiger partial charge in [0.15, 0.2) is 13.2 Å². The molecule has 4 aromatic carbocycles. The van der Waals surface area contributed by atoms with Gasteiger partial charge in [0.25, 0.3) is 20.0 Å². The molecule has 22 nitrogen and oxygen atoms in total. The third kappa shape index (κ3) is 13.0. The second kappa shape index (κ2) is 25.7. The monoisotopic (exact) mass is 1160 g/mol. The van der Waals surface area contributed by atoms with Gasteiger partial charge in [-0.05, 0) is 100 Å². The Morgan fingerprint density at radius 3 is 1.28 bits per heavy atom. The fraction of sp³-hybridized carbons (Fsp3) is 0.255. The molecule has 4 aromatic heterocycles. The number of ether oxygens (including phenoxy) is 7. The van der Waals surface area contributed by atoms with E-state index in [2.05, 4.69) is 24.7 Å². The van der Waals surface area contributed by atoms with Crippen molar-refractivity contribution >= 4 is 75.7 Å². The summed E-state index contributed by atoms with van der Waals surface area (Å²) < 4.78 is 121. The third-order valence-corrected chi connectivity index (χ3v) is 17.8. The number of rotatable bonds is 20.